The van der Waals surface area contributed by atoms with Crippen LogP contribution in [-0.2, 0) is 4.74 Å². The van der Waals surface area contributed by atoms with Gasteiger partial charge in [0.05, 0.1) is 5.76 Å². The maximum absolute atomic E-state index is 10.3. The monoisotopic (exact) mass is 634 g/mol. The van der Waals surface area contributed by atoms with Gasteiger partial charge in [0, 0.05) is 18.7 Å². The number of hydrogen-bond donors (Lipinski definition) is 2. The van der Waals surface area contributed by atoms with Crippen LogP contribution in [0, 0.1) is 0 Å². The largest absolute Gasteiger partial charge is 0.496 e. The molecule has 0 heterocycles. The topological polar surface area (TPSA) is 41.5 Å². The predicted molar refractivity (Wildman–Crippen MR) is 206 cm³/mol. The lowest BCUT2D eigenvalue weighted by atomic mass is 10.1. The summed E-state index contributed by atoms with van der Waals surface area (Å²) < 4.78 is 5.68. The molecule has 0 saturated carbocycles. The Bertz CT molecular complexity index is 902. The molecule has 0 aliphatic carbocycles. The maximum atomic E-state index is 10.3. The van der Waals surface area contributed by atoms with Gasteiger partial charge in [-0.25, -0.2) is 0 Å². The van der Waals surface area contributed by atoms with E-state index in [1.807, 2.05) is 0 Å². The van der Waals surface area contributed by atoms with Crippen LogP contribution in [0.25, 0.3) is 0 Å². The second-order valence-corrected chi connectivity index (χ2v) is 12.1. The number of rotatable bonds is 33. The van der Waals surface area contributed by atoms with Gasteiger partial charge in [0.1, 0.15) is 12.7 Å². The van der Waals surface area contributed by atoms with E-state index in [-0.39, 0.29) is 6.61 Å². The Hall–Kier alpha value is -2.78. The third-order valence-electron chi connectivity index (χ3n) is 7.48. The zero-order chi connectivity index (χ0) is 33.6. The molecule has 0 radical (unpaired) electrons. The lowest BCUT2D eigenvalue weighted by Crippen LogP contribution is -2.29. The van der Waals surface area contributed by atoms with Gasteiger partial charge in [-0.3, -0.25) is 0 Å². The minimum atomic E-state index is -0.566. The molecular weight excluding hydrogens is 562 g/mol. The van der Waals surface area contributed by atoms with Crippen molar-refractivity contribution in [2.45, 2.75) is 148 Å². The van der Waals surface area contributed by atoms with E-state index in [2.05, 4.69) is 117 Å². The van der Waals surface area contributed by atoms with Gasteiger partial charge >= 0.3 is 0 Å². The third kappa shape index (κ3) is 35.7. The predicted octanol–water partition coefficient (Wildman–Crippen LogP) is 12.7. The summed E-state index contributed by atoms with van der Waals surface area (Å²) in [6, 6.07) is 0. The van der Waals surface area contributed by atoms with Gasteiger partial charge in [-0.2, -0.15) is 0 Å². The average molecular weight is 634 g/mol. The normalized spacial score (nSPS) is 13.2. The SMILES string of the molecule is C=C(CCCCCCC/C=C\C/C=C\CCCCC)NCC(O)COC(=C)CCC/C=C\C/C=C\C/C=C\C/C=C\C/C=C\CC. The van der Waals surface area contributed by atoms with Crippen molar-refractivity contribution >= 4 is 0 Å². The van der Waals surface area contributed by atoms with Gasteiger partial charge in [-0.05, 0) is 89.9 Å². The smallest absolute Gasteiger partial charge is 0.115 e. The number of allylic oxidation sites excluding steroid dienone is 16. The van der Waals surface area contributed by atoms with Crippen molar-refractivity contribution in [1.82, 2.24) is 5.32 Å². The second-order valence-electron chi connectivity index (χ2n) is 12.1. The minimum Gasteiger partial charge on any atom is -0.496 e. The fourth-order valence-corrected chi connectivity index (χ4v) is 4.63. The summed E-state index contributed by atoms with van der Waals surface area (Å²) in [6.45, 7) is 13.3. The summed E-state index contributed by atoms with van der Waals surface area (Å²) in [4.78, 5) is 0. The second kappa shape index (κ2) is 36.7. The molecule has 0 amide bonds. The Morgan fingerprint density at radius 3 is 1.57 bits per heavy atom. The highest BCUT2D eigenvalue weighted by atomic mass is 16.5. The molecule has 0 fully saturated rings. The van der Waals surface area contributed by atoms with Crippen molar-refractivity contribution in [2.24, 2.45) is 0 Å². The van der Waals surface area contributed by atoms with E-state index in [9.17, 15) is 5.11 Å². The number of unbranched alkanes of at least 4 members (excludes halogenated alkanes) is 9. The zero-order valence-corrected chi connectivity index (χ0v) is 30.0. The van der Waals surface area contributed by atoms with Gasteiger partial charge in [0.2, 0.25) is 0 Å². The lowest BCUT2D eigenvalue weighted by molar-refractivity contribution is 0.0699. The molecule has 260 valence electrons. The Balaban J connectivity index is 3.61. The number of aliphatic hydroxyl groups is 1. The Kier molecular flexibility index (Phi) is 34.5. The van der Waals surface area contributed by atoms with Crippen molar-refractivity contribution in [3.63, 3.8) is 0 Å². The molecule has 0 rings (SSSR count). The first kappa shape index (κ1) is 43.2. The van der Waals surface area contributed by atoms with Crippen molar-refractivity contribution in [2.75, 3.05) is 13.2 Å². The van der Waals surface area contributed by atoms with Gasteiger partial charge in [-0.1, -0.05) is 144 Å². The van der Waals surface area contributed by atoms with Crippen molar-refractivity contribution in [3.8, 4) is 0 Å². The molecule has 3 nitrogen and oxygen atoms in total. The molecule has 0 aliphatic heterocycles. The summed E-state index contributed by atoms with van der Waals surface area (Å²) in [7, 11) is 0. The summed E-state index contributed by atoms with van der Waals surface area (Å²) in [5, 5.41) is 13.5. The number of nitrogens with one attached hydrogen (secondary N) is 1. The molecule has 0 aliphatic rings. The van der Waals surface area contributed by atoms with Crippen LogP contribution in [0.3, 0.4) is 0 Å². The van der Waals surface area contributed by atoms with Crippen molar-refractivity contribution < 1.29 is 9.84 Å². The number of ether oxygens (including phenoxy) is 1. The summed E-state index contributed by atoms with van der Waals surface area (Å²) >= 11 is 0. The van der Waals surface area contributed by atoms with Crippen LogP contribution in [0.2, 0.25) is 0 Å². The van der Waals surface area contributed by atoms with E-state index in [4.69, 9.17) is 4.74 Å². The van der Waals surface area contributed by atoms with E-state index in [1.54, 1.807) is 0 Å². The van der Waals surface area contributed by atoms with E-state index in [0.717, 1.165) is 82.1 Å². The number of aliphatic hydroxyl groups excluding tert-OH is 1. The Labute approximate surface area is 285 Å². The Morgan fingerprint density at radius 2 is 1.02 bits per heavy atom. The zero-order valence-electron chi connectivity index (χ0n) is 30.0. The van der Waals surface area contributed by atoms with Gasteiger partial charge in [0.15, 0.2) is 0 Å². The highest BCUT2D eigenvalue weighted by molar-refractivity contribution is 5.01. The lowest BCUT2D eigenvalue weighted by Gasteiger charge is -2.16. The van der Waals surface area contributed by atoms with Crippen LogP contribution in [0.4, 0.5) is 0 Å². The van der Waals surface area contributed by atoms with Crippen molar-refractivity contribution in [1.29, 1.82) is 0 Å². The van der Waals surface area contributed by atoms with Crippen LogP contribution in [-0.4, -0.2) is 24.4 Å². The fraction of sp³-hybridized carbons (Fsp3) is 0.581. The van der Waals surface area contributed by atoms with Crippen LogP contribution >= 0.6 is 0 Å². The molecule has 2 N–H and O–H groups in total. The molecule has 3 heteroatoms. The van der Waals surface area contributed by atoms with Gasteiger partial charge in [0.25, 0.3) is 0 Å². The van der Waals surface area contributed by atoms with Crippen LogP contribution in [0.15, 0.2) is 110 Å². The first-order chi connectivity index (χ1) is 22.6. The van der Waals surface area contributed by atoms with Crippen molar-refractivity contribution in [3.05, 3.63) is 110 Å². The van der Waals surface area contributed by atoms with Crippen LogP contribution < -0.4 is 5.32 Å². The molecule has 0 bridgehead atoms. The highest BCUT2D eigenvalue weighted by Crippen LogP contribution is 2.11. The summed E-state index contributed by atoms with van der Waals surface area (Å²) in [5.74, 6) is 0.746. The average Bonchev–Trinajstić information content (AvgIpc) is 3.06. The first-order valence-corrected chi connectivity index (χ1v) is 18.5. The first-order valence-electron chi connectivity index (χ1n) is 18.5. The molecule has 0 aromatic carbocycles. The quantitative estimate of drug-likeness (QED) is 0.0429. The van der Waals surface area contributed by atoms with E-state index >= 15 is 0 Å². The van der Waals surface area contributed by atoms with Gasteiger partial charge in [-0.15, -0.1) is 0 Å². The molecule has 1 atom stereocenters. The summed E-state index contributed by atoms with van der Waals surface area (Å²) in [5.41, 5.74) is 1.00. The minimum absolute atomic E-state index is 0.268. The molecule has 1 unspecified atom stereocenters. The Morgan fingerprint density at radius 1 is 0.565 bits per heavy atom. The van der Waals surface area contributed by atoms with Crippen LogP contribution in [0.1, 0.15) is 142 Å². The van der Waals surface area contributed by atoms with E-state index in [0.29, 0.717) is 6.54 Å². The molecule has 46 heavy (non-hydrogen) atoms. The molecule has 0 aromatic heterocycles. The number of hydrogen-bond acceptors (Lipinski definition) is 3. The molecule has 0 aromatic rings. The molecule has 0 spiro atoms. The van der Waals surface area contributed by atoms with Crippen LogP contribution in [0.5, 0.6) is 0 Å². The third-order valence-corrected chi connectivity index (χ3v) is 7.48. The standard InChI is InChI=1S/C43H71NO2/c1-5-7-9-11-13-15-17-19-21-22-24-26-28-30-32-34-36-38-42(4)46-40-43(45)39-44-41(3)37-35-33-31-29-27-25-23-20-18-16-14-12-10-8-6-2/h7,9,13-16,19-21,23-24,26,30,32,43-45H,3-6,8,10-12,17-18,22,25,27-29,31,33-40H2,1-2H3/b9-7-,15-13-,16-14-,21-19-,23-20-,26-24-,32-30-. The van der Waals surface area contributed by atoms with E-state index < -0.39 is 6.10 Å². The summed E-state index contributed by atoms with van der Waals surface area (Å²) in [6.07, 6.45) is 53.4. The fourth-order valence-electron chi connectivity index (χ4n) is 4.63. The molecule has 0 saturated heterocycles. The molecular formula is C43H71NO2. The van der Waals surface area contributed by atoms with E-state index in [1.165, 1.54) is 57.8 Å². The maximum Gasteiger partial charge on any atom is 0.115 e. The highest BCUT2D eigenvalue weighted by Gasteiger charge is 2.06. The van der Waals surface area contributed by atoms with Gasteiger partial charge < -0.3 is 15.2 Å².